The predicted molar refractivity (Wildman–Crippen MR) is 61.1 cm³/mol. The van der Waals surface area contributed by atoms with Crippen LogP contribution in [-0.4, -0.2) is 11.7 Å². The van der Waals surface area contributed by atoms with Crippen LogP contribution in [0.3, 0.4) is 0 Å². The van der Waals surface area contributed by atoms with Gasteiger partial charge in [-0.25, -0.2) is 0 Å². The molecule has 0 aliphatic carbocycles. The summed E-state index contributed by atoms with van der Waals surface area (Å²) in [7, 11) is 3.31. The van der Waals surface area contributed by atoms with Crippen molar-refractivity contribution in [2.24, 2.45) is 0 Å². The monoisotopic (exact) mass is 251 g/mol. The van der Waals surface area contributed by atoms with E-state index in [0.717, 1.165) is 32.1 Å². The number of unbranched alkanes of at least 4 members (excludes halogenated alkanes) is 5. The fourth-order valence-electron chi connectivity index (χ4n) is 1.45. The van der Waals surface area contributed by atoms with Gasteiger partial charge in [-0.3, -0.25) is 11.8 Å². The van der Waals surface area contributed by atoms with Gasteiger partial charge in [0.15, 0.2) is 5.91 Å². The van der Waals surface area contributed by atoms with Crippen LogP contribution in [0, 0.1) is 7.05 Å². The molecule has 0 aromatic carbocycles. The molecule has 0 atom stereocenters. The zero-order chi connectivity index (χ0) is 11.5. The van der Waals surface area contributed by atoms with E-state index in [-0.39, 0.29) is 63.1 Å². The van der Waals surface area contributed by atoms with E-state index in [1.165, 1.54) is 6.42 Å². The van der Waals surface area contributed by atoms with Gasteiger partial charge in [0, 0.05) is 12.8 Å². The molecule has 0 aliphatic rings. The molecule has 0 radical (unpaired) electrons. The van der Waals surface area contributed by atoms with Crippen molar-refractivity contribution in [3.05, 3.63) is 7.05 Å². The Kier molecular flexibility index (Phi) is 16.5. The van der Waals surface area contributed by atoms with E-state index < -0.39 is 0 Å². The minimum atomic E-state index is 0. The van der Waals surface area contributed by atoms with Gasteiger partial charge >= 0.3 is 51.4 Å². The fraction of sp³-hybridized carbons (Fsp3) is 0.750. The van der Waals surface area contributed by atoms with Gasteiger partial charge in [0.1, 0.15) is 5.78 Å². The second kappa shape index (κ2) is 13.8. The first kappa shape index (κ1) is 19.1. The molecule has 0 fully saturated rings. The summed E-state index contributed by atoms with van der Waals surface area (Å²) in [5.74, 6) is 0.300. The average molecular weight is 251 g/mol. The number of rotatable bonds is 9. The maximum absolute atomic E-state index is 10.8. The predicted octanol–water partition coefficient (Wildman–Crippen LogP) is -0.392. The first-order chi connectivity index (χ1) is 7.16. The minimum Gasteiger partial charge on any atom is -0.508 e. The SMILES string of the molecule is [CH2-]NC(=O)CCCCCCCCC(C)=O.[K+]. The maximum Gasteiger partial charge on any atom is 1.00 e. The van der Waals surface area contributed by atoms with Crippen molar-refractivity contribution in [3.63, 3.8) is 0 Å². The van der Waals surface area contributed by atoms with Crippen LogP contribution in [0.15, 0.2) is 0 Å². The van der Waals surface area contributed by atoms with Crippen LogP contribution in [0.25, 0.3) is 0 Å². The van der Waals surface area contributed by atoms with E-state index >= 15 is 0 Å². The number of nitrogens with one attached hydrogen (secondary N) is 1. The first-order valence-corrected chi connectivity index (χ1v) is 5.72. The van der Waals surface area contributed by atoms with E-state index in [9.17, 15) is 9.59 Å². The van der Waals surface area contributed by atoms with Crippen LogP contribution in [0.4, 0.5) is 0 Å². The van der Waals surface area contributed by atoms with Crippen molar-refractivity contribution in [2.75, 3.05) is 0 Å². The second-order valence-electron chi connectivity index (χ2n) is 3.92. The molecule has 0 aromatic rings. The third-order valence-corrected chi connectivity index (χ3v) is 2.38. The van der Waals surface area contributed by atoms with Gasteiger partial charge in [-0.1, -0.05) is 25.7 Å². The number of carbonyl (C=O) groups is 2. The van der Waals surface area contributed by atoms with E-state index in [1.54, 1.807) is 6.92 Å². The molecule has 1 N–H and O–H groups in total. The minimum absolute atomic E-state index is 0. The average Bonchev–Trinajstić information content (AvgIpc) is 2.21. The molecule has 0 saturated heterocycles. The molecule has 4 heteroatoms. The van der Waals surface area contributed by atoms with Crippen LogP contribution < -0.4 is 56.7 Å². The first-order valence-electron chi connectivity index (χ1n) is 5.72. The molecule has 0 aromatic heterocycles. The summed E-state index contributed by atoms with van der Waals surface area (Å²) < 4.78 is 0. The molecule has 88 valence electrons. The summed E-state index contributed by atoms with van der Waals surface area (Å²) >= 11 is 0. The van der Waals surface area contributed by atoms with Crippen LogP contribution in [0.2, 0.25) is 0 Å². The molecule has 0 spiro atoms. The van der Waals surface area contributed by atoms with Gasteiger partial charge in [-0.15, -0.1) is 0 Å². The molecule has 16 heavy (non-hydrogen) atoms. The molecule has 0 aliphatic heterocycles. The zero-order valence-corrected chi connectivity index (χ0v) is 13.8. The van der Waals surface area contributed by atoms with Crippen molar-refractivity contribution >= 4 is 11.7 Å². The zero-order valence-electron chi connectivity index (χ0n) is 10.7. The smallest absolute Gasteiger partial charge is 0.508 e. The number of hydrogen-bond donors (Lipinski definition) is 1. The van der Waals surface area contributed by atoms with Crippen LogP contribution in [0.5, 0.6) is 0 Å². The Labute approximate surface area is 142 Å². The quantitative estimate of drug-likeness (QED) is 0.345. The van der Waals surface area contributed by atoms with Crippen molar-refractivity contribution in [1.29, 1.82) is 0 Å². The number of carbonyl (C=O) groups excluding carboxylic acids is 2. The van der Waals surface area contributed by atoms with Crippen molar-refractivity contribution < 1.29 is 61.0 Å². The maximum atomic E-state index is 10.8. The summed E-state index contributed by atoms with van der Waals surface area (Å²) in [6.45, 7) is 1.64. The summed E-state index contributed by atoms with van der Waals surface area (Å²) in [6, 6.07) is 0. The van der Waals surface area contributed by atoms with Crippen LogP contribution >= 0.6 is 0 Å². The Balaban J connectivity index is 0. The molecular weight excluding hydrogens is 229 g/mol. The molecule has 0 saturated carbocycles. The molecule has 0 unspecified atom stereocenters. The van der Waals surface area contributed by atoms with E-state index in [4.69, 9.17) is 0 Å². The van der Waals surface area contributed by atoms with E-state index in [2.05, 4.69) is 12.4 Å². The van der Waals surface area contributed by atoms with Crippen molar-refractivity contribution in [1.82, 2.24) is 5.32 Å². The molecule has 1 amide bonds. The van der Waals surface area contributed by atoms with Gasteiger partial charge in [-0.05, 0) is 19.8 Å². The summed E-state index contributed by atoms with van der Waals surface area (Å²) in [5, 5.41) is 2.36. The number of hydrogen-bond acceptors (Lipinski definition) is 2. The van der Waals surface area contributed by atoms with Crippen LogP contribution in [0.1, 0.15) is 58.3 Å². The summed E-state index contributed by atoms with van der Waals surface area (Å²) in [6.07, 6.45) is 7.78. The largest absolute Gasteiger partial charge is 1.00 e. The Morgan fingerprint density at radius 1 is 0.938 bits per heavy atom. The number of Topliss-reactive ketones (excluding diaryl/α,β-unsaturated/α-hetero) is 1. The standard InChI is InChI=1S/C12H22NO2.K/c1-11(14)9-7-5-3-4-6-8-10-12(15)13-2;/h2-10H2,1H3,(H,13,15);/q-1;+1. The van der Waals surface area contributed by atoms with E-state index in [0.29, 0.717) is 12.8 Å². The Morgan fingerprint density at radius 3 is 1.81 bits per heavy atom. The van der Waals surface area contributed by atoms with Gasteiger partial charge in [-0.2, -0.15) is 0 Å². The van der Waals surface area contributed by atoms with Gasteiger partial charge in [0.2, 0.25) is 0 Å². The van der Waals surface area contributed by atoms with Crippen LogP contribution in [-0.2, 0) is 9.59 Å². The van der Waals surface area contributed by atoms with Crippen molar-refractivity contribution in [2.45, 2.75) is 58.3 Å². The third kappa shape index (κ3) is 14.8. The second-order valence-corrected chi connectivity index (χ2v) is 3.92. The normalized spacial score (nSPS) is 9.38. The molecule has 0 heterocycles. The molecule has 3 nitrogen and oxygen atoms in total. The molecule has 0 rings (SSSR count). The summed E-state index contributed by atoms with van der Waals surface area (Å²) in [5.41, 5.74) is 0. The molecule has 0 bridgehead atoms. The Hall–Kier alpha value is 0.776. The fourth-order valence-corrected chi connectivity index (χ4v) is 1.45. The van der Waals surface area contributed by atoms with Gasteiger partial charge in [0.05, 0.1) is 0 Å². The topological polar surface area (TPSA) is 46.2 Å². The molecular formula is C12H22KNO2. The Morgan fingerprint density at radius 2 is 1.38 bits per heavy atom. The van der Waals surface area contributed by atoms with Gasteiger partial charge in [0.25, 0.3) is 0 Å². The Bertz CT molecular complexity index is 195. The number of ketones is 1. The van der Waals surface area contributed by atoms with Gasteiger partial charge < -0.3 is 10.1 Å². The number of amides is 1. The summed E-state index contributed by atoms with van der Waals surface area (Å²) in [4.78, 5) is 21.4. The van der Waals surface area contributed by atoms with Crippen molar-refractivity contribution in [3.8, 4) is 0 Å². The third-order valence-electron chi connectivity index (χ3n) is 2.38. The van der Waals surface area contributed by atoms with E-state index in [1.807, 2.05) is 0 Å².